The zero-order chi connectivity index (χ0) is 17.9. The smallest absolute Gasteiger partial charge is 0.410 e. The number of ether oxygens (including phenoxy) is 1. The van der Waals surface area contributed by atoms with Gasteiger partial charge in [-0.25, -0.2) is 4.79 Å². The van der Waals surface area contributed by atoms with Gasteiger partial charge in [0, 0.05) is 25.8 Å². The average Bonchev–Trinajstić information content (AvgIpc) is 2.49. The lowest BCUT2D eigenvalue weighted by Crippen LogP contribution is -2.44. The molecule has 0 radical (unpaired) electrons. The highest BCUT2D eigenvalue weighted by Gasteiger charge is 2.28. The minimum atomic E-state index is -0.514. The van der Waals surface area contributed by atoms with Crippen LogP contribution in [0.5, 0.6) is 0 Å². The van der Waals surface area contributed by atoms with Gasteiger partial charge in [0.15, 0.2) is 0 Å². The third-order valence-corrected chi connectivity index (χ3v) is 4.11. The Bertz CT molecular complexity index is 710. The zero-order valence-electron chi connectivity index (χ0n) is 14.8. The molecule has 6 nitrogen and oxygen atoms in total. The summed E-state index contributed by atoms with van der Waals surface area (Å²) < 4.78 is 7.01. The summed E-state index contributed by atoms with van der Waals surface area (Å²) in [5.74, 6) is 0.179. The maximum atomic E-state index is 12.3. The number of hydrogen-bond donors (Lipinski definition) is 0. The van der Waals surface area contributed by atoms with Gasteiger partial charge in [0.05, 0.1) is 0 Å². The molecule has 0 aliphatic carbocycles. The average molecular weight is 331 g/mol. The molecule has 6 heteroatoms. The molecule has 1 saturated heterocycles. The Morgan fingerprint density at radius 1 is 1.46 bits per heavy atom. The number of pyridine rings is 1. The topological polar surface area (TPSA) is 75.3 Å². The van der Waals surface area contributed by atoms with Gasteiger partial charge < -0.3 is 14.2 Å². The Hall–Kier alpha value is -2.29. The normalized spacial score (nSPS) is 18.1. The van der Waals surface area contributed by atoms with Gasteiger partial charge in [-0.3, -0.25) is 4.79 Å². The van der Waals surface area contributed by atoms with Gasteiger partial charge in [-0.1, -0.05) is 0 Å². The molecule has 1 aromatic rings. The maximum absolute atomic E-state index is 12.3. The summed E-state index contributed by atoms with van der Waals surface area (Å²) in [5.41, 5.74) is 0.113. The first-order chi connectivity index (χ1) is 11.2. The molecule has 0 N–H and O–H groups in total. The largest absolute Gasteiger partial charge is 0.444 e. The first-order valence-electron chi connectivity index (χ1n) is 8.29. The van der Waals surface area contributed by atoms with Crippen molar-refractivity contribution in [1.82, 2.24) is 9.47 Å². The van der Waals surface area contributed by atoms with Crippen molar-refractivity contribution in [3.8, 4) is 6.07 Å². The predicted octanol–water partition coefficient (Wildman–Crippen LogP) is 2.68. The van der Waals surface area contributed by atoms with E-state index in [4.69, 9.17) is 10.00 Å². The molecule has 130 valence electrons. The van der Waals surface area contributed by atoms with Gasteiger partial charge >= 0.3 is 6.09 Å². The van der Waals surface area contributed by atoms with Crippen LogP contribution in [0.25, 0.3) is 0 Å². The second-order valence-electron chi connectivity index (χ2n) is 7.38. The monoisotopic (exact) mass is 331 g/mol. The van der Waals surface area contributed by atoms with Crippen molar-refractivity contribution >= 4 is 6.09 Å². The molecule has 0 unspecified atom stereocenters. The van der Waals surface area contributed by atoms with Crippen molar-refractivity contribution < 1.29 is 9.53 Å². The molecular weight excluding hydrogens is 306 g/mol. The van der Waals surface area contributed by atoms with Crippen LogP contribution in [0, 0.1) is 24.2 Å². The molecule has 1 amide bonds. The first kappa shape index (κ1) is 18.1. The molecule has 1 aliphatic rings. The number of amides is 1. The van der Waals surface area contributed by atoms with Gasteiger partial charge in [0.25, 0.3) is 5.56 Å². The Kier molecular flexibility index (Phi) is 5.33. The molecule has 1 aliphatic heterocycles. The Balaban J connectivity index is 2.08. The van der Waals surface area contributed by atoms with E-state index < -0.39 is 5.60 Å². The Morgan fingerprint density at radius 2 is 2.17 bits per heavy atom. The number of likely N-dealkylation sites (tertiary alicyclic amines) is 1. The van der Waals surface area contributed by atoms with Crippen LogP contribution < -0.4 is 5.56 Å². The number of rotatable bonds is 2. The van der Waals surface area contributed by atoms with Gasteiger partial charge in [-0.05, 0) is 58.1 Å². The number of carbonyl (C=O) groups excluding carboxylic acids is 1. The highest BCUT2D eigenvalue weighted by atomic mass is 16.6. The van der Waals surface area contributed by atoms with E-state index in [0.29, 0.717) is 25.2 Å². The summed E-state index contributed by atoms with van der Waals surface area (Å²) in [6.07, 6.45) is 3.25. The number of nitrogens with zero attached hydrogens (tertiary/aromatic N) is 3. The molecule has 1 fully saturated rings. The maximum Gasteiger partial charge on any atom is 0.410 e. The van der Waals surface area contributed by atoms with E-state index in [1.807, 2.05) is 26.8 Å². The quantitative estimate of drug-likeness (QED) is 0.835. The fourth-order valence-electron chi connectivity index (χ4n) is 2.93. The van der Waals surface area contributed by atoms with Crippen molar-refractivity contribution in [3.63, 3.8) is 0 Å². The third-order valence-electron chi connectivity index (χ3n) is 4.11. The summed E-state index contributed by atoms with van der Waals surface area (Å²) >= 11 is 0. The molecule has 0 saturated carbocycles. The van der Waals surface area contributed by atoms with Crippen molar-refractivity contribution in [2.24, 2.45) is 5.92 Å². The number of nitriles is 1. The van der Waals surface area contributed by atoms with E-state index >= 15 is 0 Å². The van der Waals surface area contributed by atoms with Crippen LogP contribution in [0.3, 0.4) is 0 Å². The number of aromatic nitrogens is 1. The van der Waals surface area contributed by atoms with Gasteiger partial charge in [-0.2, -0.15) is 5.26 Å². The SMILES string of the molecule is Cc1ccn(C[C@@H]2CCCN(C(=O)OC(C)(C)C)C2)c(=O)c1C#N. The van der Waals surface area contributed by atoms with E-state index in [0.717, 1.165) is 12.8 Å². The van der Waals surface area contributed by atoms with Crippen molar-refractivity contribution in [1.29, 1.82) is 5.26 Å². The first-order valence-corrected chi connectivity index (χ1v) is 8.29. The van der Waals surface area contributed by atoms with Crippen LogP contribution in [0.15, 0.2) is 17.1 Å². The minimum absolute atomic E-state index is 0.179. The molecule has 0 aromatic carbocycles. The van der Waals surface area contributed by atoms with Crippen LogP contribution in [-0.2, 0) is 11.3 Å². The van der Waals surface area contributed by atoms with E-state index in [1.54, 1.807) is 28.7 Å². The third kappa shape index (κ3) is 4.38. The van der Waals surface area contributed by atoms with Crippen LogP contribution >= 0.6 is 0 Å². The number of piperidine rings is 1. The summed E-state index contributed by atoms with van der Waals surface area (Å²) in [5, 5.41) is 9.12. The van der Waals surface area contributed by atoms with Crippen LogP contribution in [-0.4, -0.2) is 34.3 Å². The van der Waals surface area contributed by atoms with Crippen molar-refractivity contribution in [2.75, 3.05) is 13.1 Å². The van der Waals surface area contributed by atoms with Crippen molar-refractivity contribution in [2.45, 2.75) is 52.7 Å². The lowest BCUT2D eigenvalue weighted by Gasteiger charge is -2.34. The molecule has 0 bridgehead atoms. The fraction of sp³-hybridized carbons (Fsp3) is 0.611. The lowest BCUT2D eigenvalue weighted by molar-refractivity contribution is 0.0156. The van der Waals surface area contributed by atoms with Gasteiger partial charge in [0.2, 0.25) is 0 Å². The molecule has 0 spiro atoms. The van der Waals surface area contributed by atoms with Crippen LogP contribution in [0.1, 0.15) is 44.7 Å². The molecule has 1 atom stereocenters. The second kappa shape index (κ2) is 7.08. The fourth-order valence-corrected chi connectivity index (χ4v) is 2.93. The van der Waals surface area contributed by atoms with E-state index in [-0.39, 0.29) is 23.1 Å². The van der Waals surface area contributed by atoms with Crippen LogP contribution in [0.2, 0.25) is 0 Å². The number of aryl methyl sites for hydroxylation is 1. The van der Waals surface area contributed by atoms with Gasteiger partial charge in [0.1, 0.15) is 17.2 Å². The Labute approximate surface area is 142 Å². The lowest BCUT2D eigenvalue weighted by atomic mass is 9.98. The minimum Gasteiger partial charge on any atom is -0.444 e. The van der Waals surface area contributed by atoms with Crippen molar-refractivity contribution in [3.05, 3.63) is 33.7 Å². The van der Waals surface area contributed by atoms with E-state index in [1.165, 1.54) is 0 Å². The molecule has 24 heavy (non-hydrogen) atoms. The van der Waals surface area contributed by atoms with Gasteiger partial charge in [-0.15, -0.1) is 0 Å². The van der Waals surface area contributed by atoms with Crippen LogP contribution in [0.4, 0.5) is 4.79 Å². The Morgan fingerprint density at radius 3 is 2.79 bits per heavy atom. The number of carbonyl (C=O) groups is 1. The number of hydrogen-bond acceptors (Lipinski definition) is 4. The summed E-state index contributed by atoms with van der Waals surface area (Å²) in [7, 11) is 0. The molecule has 1 aromatic heterocycles. The highest BCUT2D eigenvalue weighted by molar-refractivity contribution is 5.68. The predicted molar refractivity (Wildman–Crippen MR) is 90.7 cm³/mol. The standard InChI is InChI=1S/C18H25N3O3/c1-13-7-9-20(16(22)15(13)10-19)11-14-6-5-8-21(12-14)17(23)24-18(2,3)4/h7,9,14H,5-6,8,11-12H2,1-4H3/t14-/m0/s1. The van der Waals surface area contributed by atoms with E-state index in [9.17, 15) is 9.59 Å². The summed E-state index contributed by atoms with van der Waals surface area (Å²) in [4.78, 5) is 26.3. The highest BCUT2D eigenvalue weighted by Crippen LogP contribution is 2.20. The zero-order valence-corrected chi connectivity index (χ0v) is 14.8. The molecular formula is C18H25N3O3. The van der Waals surface area contributed by atoms with E-state index in [2.05, 4.69) is 0 Å². The second-order valence-corrected chi connectivity index (χ2v) is 7.38. The summed E-state index contributed by atoms with van der Waals surface area (Å²) in [6.45, 7) is 9.06. The molecule has 2 rings (SSSR count). The summed E-state index contributed by atoms with van der Waals surface area (Å²) in [6, 6.07) is 3.76. The molecule has 2 heterocycles.